The highest BCUT2D eigenvalue weighted by atomic mass is 79.9. The molecule has 0 radical (unpaired) electrons. The summed E-state index contributed by atoms with van der Waals surface area (Å²) in [6.07, 6.45) is 0. The summed E-state index contributed by atoms with van der Waals surface area (Å²) in [6.45, 7) is 1.80. The van der Waals surface area contributed by atoms with Crippen LogP contribution in [0.3, 0.4) is 0 Å². The normalized spacial score (nSPS) is 10.2. The van der Waals surface area contributed by atoms with Gasteiger partial charge in [-0.05, 0) is 11.6 Å². The molecule has 0 aliphatic heterocycles. The molecule has 0 atom stereocenters. The topological polar surface area (TPSA) is 12.0 Å². The lowest BCUT2D eigenvalue weighted by atomic mass is 10.2. The van der Waals surface area contributed by atoms with Gasteiger partial charge in [-0.15, -0.1) is 0 Å². The molecule has 0 heterocycles. The van der Waals surface area contributed by atoms with Gasteiger partial charge >= 0.3 is 0 Å². The van der Waals surface area contributed by atoms with Crippen LogP contribution in [-0.2, 0) is 6.54 Å². The fraction of sp³-hybridized carbons (Fsp3) is 0.333. The van der Waals surface area contributed by atoms with Crippen LogP contribution in [-0.4, -0.2) is 11.9 Å². The van der Waals surface area contributed by atoms with Crippen LogP contribution >= 0.6 is 27.5 Å². The monoisotopic (exact) mass is 247 g/mol. The van der Waals surface area contributed by atoms with Crippen molar-refractivity contribution in [2.24, 2.45) is 0 Å². The smallest absolute Gasteiger partial charge is 0.0450 e. The average Bonchev–Trinajstić information content (AvgIpc) is 2.09. The third-order valence-corrected chi connectivity index (χ3v) is 2.31. The van der Waals surface area contributed by atoms with E-state index in [0.717, 1.165) is 29.0 Å². The van der Waals surface area contributed by atoms with Crippen LogP contribution in [0.15, 0.2) is 24.3 Å². The lowest BCUT2D eigenvalue weighted by Gasteiger charge is -2.03. The Labute approximate surface area is 86.2 Å². The zero-order valence-corrected chi connectivity index (χ0v) is 9.03. The average molecular weight is 249 g/mol. The molecule has 0 spiro atoms. The minimum absolute atomic E-state index is 0.833. The van der Waals surface area contributed by atoms with Crippen molar-refractivity contribution in [3.05, 3.63) is 34.9 Å². The van der Waals surface area contributed by atoms with Gasteiger partial charge in [0.15, 0.2) is 0 Å². The number of halogens is 2. The molecule has 0 saturated heterocycles. The van der Waals surface area contributed by atoms with E-state index in [1.807, 2.05) is 24.3 Å². The van der Waals surface area contributed by atoms with Gasteiger partial charge in [0, 0.05) is 23.4 Å². The lowest BCUT2D eigenvalue weighted by Crippen LogP contribution is -2.15. The third kappa shape index (κ3) is 3.13. The van der Waals surface area contributed by atoms with E-state index in [4.69, 9.17) is 11.6 Å². The van der Waals surface area contributed by atoms with E-state index in [9.17, 15) is 0 Å². The van der Waals surface area contributed by atoms with Gasteiger partial charge in [0.1, 0.15) is 0 Å². The van der Waals surface area contributed by atoms with Crippen LogP contribution in [0.2, 0.25) is 5.02 Å². The number of hydrogen-bond acceptors (Lipinski definition) is 1. The number of hydrogen-bond donors (Lipinski definition) is 1. The maximum absolute atomic E-state index is 5.95. The molecule has 0 bridgehead atoms. The second kappa shape index (κ2) is 5.57. The Hall–Kier alpha value is -0.0500. The van der Waals surface area contributed by atoms with Crippen molar-refractivity contribution in [3.63, 3.8) is 0 Å². The van der Waals surface area contributed by atoms with Crippen molar-refractivity contribution in [1.29, 1.82) is 0 Å². The first-order chi connectivity index (χ1) is 5.84. The summed E-state index contributed by atoms with van der Waals surface area (Å²) in [6, 6.07) is 7.88. The molecule has 0 aliphatic carbocycles. The van der Waals surface area contributed by atoms with E-state index in [0.29, 0.717) is 0 Å². The second-order valence-electron chi connectivity index (χ2n) is 2.46. The van der Waals surface area contributed by atoms with Crippen molar-refractivity contribution in [1.82, 2.24) is 5.32 Å². The Kier molecular flexibility index (Phi) is 4.66. The highest BCUT2D eigenvalue weighted by Gasteiger charge is 1.96. The molecule has 1 rings (SSSR count). The van der Waals surface area contributed by atoms with Crippen LogP contribution in [0.1, 0.15) is 5.56 Å². The van der Waals surface area contributed by atoms with E-state index in [1.165, 1.54) is 0 Å². The summed E-state index contributed by atoms with van der Waals surface area (Å²) < 4.78 is 0. The zero-order chi connectivity index (χ0) is 8.81. The molecular weight excluding hydrogens is 237 g/mol. The highest BCUT2D eigenvalue weighted by molar-refractivity contribution is 9.09. The summed E-state index contributed by atoms with van der Waals surface area (Å²) >= 11 is 9.30. The lowest BCUT2D eigenvalue weighted by molar-refractivity contribution is 0.734. The van der Waals surface area contributed by atoms with Crippen LogP contribution in [0.5, 0.6) is 0 Å². The van der Waals surface area contributed by atoms with Gasteiger partial charge in [-0.2, -0.15) is 0 Å². The molecule has 1 aromatic rings. The second-order valence-corrected chi connectivity index (χ2v) is 3.66. The van der Waals surface area contributed by atoms with Crippen LogP contribution < -0.4 is 5.32 Å². The molecular formula is C9H11BrClN. The Bertz CT molecular complexity index is 240. The zero-order valence-electron chi connectivity index (χ0n) is 6.69. The van der Waals surface area contributed by atoms with Gasteiger partial charge in [0.05, 0.1) is 0 Å². The first-order valence-electron chi connectivity index (χ1n) is 3.84. The predicted molar refractivity (Wildman–Crippen MR) is 57.0 cm³/mol. The Morgan fingerprint density at radius 3 is 2.75 bits per heavy atom. The number of nitrogens with one attached hydrogen (secondary N) is 1. The maximum Gasteiger partial charge on any atom is 0.0450 e. The Morgan fingerprint density at radius 1 is 1.33 bits per heavy atom. The van der Waals surface area contributed by atoms with Gasteiger partial charge in [0.2, 0.25) is 0 Å². The fourth-order valence-electron chi connectivity index (χ4n) is 0.932. The molecule has 0 aliphatic rings. The molecule has 0 unspecified atom stereocenters. The van der Waals surface area contributed by atoms with E-state index in [1.54, 1.807) is 0 Å². The van der Waals surface area contributed by atoms with Gasteiger partial charge in [-0.1, -0.05) is 45.7 Å². The maximum atomic E-state index is 5.95. The number of alkyl halides is 1. The first kappa shape index (κ1) is 10.0. The minimum atomic E-state index is 0.833. The van der Waals surface area contributed by atoms with Crippen molar-refractivity contribution >= 4 is 27.5 Å². The SMILES string of the molecule is Clc1ccccc1CNCCBr. The van der Waals surface area contributed by atoms with Crippen molar-refractivity contribution in [3.8, 4) is 0 Å². The van der Waals surface area contributed by atoms with Crippen molar-refractivity contribution in [2.45, 2.75) is 6.54 Å². The largest absolute Gasteiger partial charge is 0.312 e. The summed E-state index contributed by atoms with van der Waals surface area (Å²) in [5, 5.41) is 5.06. The minimum Gasteiger partial charge on any atom is -0.312 e. The van der Waals surface area contributed by atoms with Gasteiger partial charge in [-0.3, -0.25) is 0 Å². The quantitative estimate of drug-likeness (QED) is 0.638. The summed E-state index contributed by atoms with van der Waals surface area (Å²) in [5.41, 5.74) is 1.15. The van der Waals surface area contributed by atoms with E-state index in [-0.39, 0.29) is 0 Å². The molecule has 1 aromatic carbocycles. The first-order valence-corrected chi connectivity index (χ1v) is 5.34. The van der Waals surface area contributed by atoms with Crippen LogP contribution in [0, 0.1) is 0 Å². The molecule has 0 amide bonds. The van der Waals surface area contributed by atoms with Gasteiger partial charge < -0.3 is 5.32 Å². The number of rotatable bonds is 4. The predicted octanol–water partition coefficient (Wildman–Crippen LogP) is 2.82. The van der Waals surface area contributed by atoms with Gasteiger partial charge in [0.25, 0.3) is 0 Å². The molecule has 66 valence electrons. The van der Waals surface area contributed by atoms with Crippen molar-refractivity contribution < 1.29 is 0 Å². The summed E-state index contributed by atoms with van der Waals surface area (Å²) in [4.78, 5) is 0. The molecule has 0 saturated carbocycles. The van der Waals surface area contributed by atoms with Crippen molar-refractivity contribution in [2.75, 3.05) is 11.9 Å². The van der Waals surface area contributed by atoms with Gasteiger partial charge in [-0.25, -0.2) is 0 Å². The molecule has 1 nitrogen and oxygen atoms in total. The summed E-state index contributed by atoms with van der Waals surface area (Å²) in [5.74, 6) is 0. The Balaban J connectivity index is 2.46. The fourth-order valence-corrected chi connectivity index (χ4v) is 1.41. The number of benzene rings is 1. The molecule has 0 aromatic heterocycles. The third-order valence-electron chi connectivity index (χ3n) is 1.54. The van der Waals surface area contributed by atoms with E-state index >= 15 is 0 Å². The molecule has 12 heavy (non-hydrogen) atoms. The van der Waals surface area contributed by atoms with Crippen LogP contribution in [0.25, 0.3) is 0 Å². The molecule has 1 N–H and O–H groups in total. The Morgan fingerprint density at radius 2 is 2.08 bits per heavy atom. The van der Waals surface area contributed by atoms with E-state index in [2.05, 4.69) is 21.2 Å². The summed E-state index contributed by atoms with van der Waals surface area (Å²) in [7, 11) is 0. The standard InChI is InChI=1S/C9H11BrClN/c10-5-6-12-7-8-3-1-2-4-9(8)11/h1-4,12H,5-7H2. The van der Waals surface area contributed by atoms with Crippen LogP contribution in [0.4, 0.5) is 0 Å². The molecule has 3 heteroatoms. The van der Waals surface area contributed by atoms with E-state index < -0.39 is 0 Å². The highest BCUT2D eigenvalue weighted by Crippen LogP contribution is 2.13. The molecule has 0 fully saturated rings.